The molecule has 30 heavy (non-hydrogen) atoms. The molecule has 0 N–H and O–H groups in total. The van der Waals surface area contributed by atoms with Crippen LogP contribution in [0, 0.1) is 26.6 Å². The highest BCUT2D eigenvalue weighted by Gasteiger charge is 2.30. The zero-order valence-corrected chi connectivity index (χ0v) is 17.9. The number of hydrogen-bond acceptors (Lipinski definition) is 4. The predicted molar refractivity (Wildman–Crippen MR) is 111 cm³/mol. The monoisotopic (exact) mass is 411 g/mol. The summed E-state index contributed by atoms with van der Waals surface area (Å²) < 4.78 is 25.6. The van der Waals surface area contributed by atoms with Gasteiger partial charge in [0.1, 0.15) is 0 Å². The maximum absolute atomic E-state index is 15.0. The van der Waals surface area contributed by atoms with Gasteiger partial charge in [0.15, 0.2) is 11.6 Å². The Kier molecular flexibility index (Phi) is 5.26. The highest BCUT2D eigenvalue weighted by atomic mass is 19.1. The molecule has 0 saturated carbocycles. The van der Waals surface area contributed by atoms with Crippen molar-refractivity contribution in [3.63, 3.8) is 0 Å². The molecule has 0 spiro atoms. The Morgan fingerprint density at radius 1 is 1.17 bits per heavy atom. The van der Waals surface area contributed by atoms with Gasteiger partial charge in [0.05, 0.1) is 20.1 Å². The highest BCUT2D eigenvalue weighted by Crippen LogP contribution is 2.43. The predicted octanol–water partition coefficient (Wildman–Crippen LogP) is 3.93. The van der Waals surface area contributed by atoms with Gasteiger partial charge in [-0.1, -0.05) is 0 Å². The van der Waals surface area contributed by atoms with E-state index in [4.69, 9.17) is 9.47 Å². The van der Waals surface area contributed by atoms with Gasteiger partial charge < -0.3 is 14.4 Å². The Morgan fingerprint density at radius 3 is 2.53 bits per heavy atom. The number of esters is 1. The lowest BCUT2D eigenvalue weighted by molar-refractivity contribution is -0.139. The van der Waals surface area contributed by atoms with E-state index < -0.39 is 0 Å². The third-order valence-corrected chi connectivity index (χ3v) is 6.52. The number of benzene rings is 2. The molecule has 0 aliphatic carbocycles. The Hall–Kier alpha value is -2.89. The number of ether oxygens (including phenoxy) is 2. The number of hydrogen-bond donors (Lipinski definition) is 0. The van der Waals surface area contributed by atoms with Gasteiger partial charge in [0, 0.05) is 18.7 Å². The molecule has 0 radical (unpaired) electrons. The molecule has 0 aromatic heterocycles. The molecule has 0 unspecified atom stereocenters. The number of nitrogens with zero attached hydrogens (tertiary/aromatic N) is 1. The molecule has 0 bridgehead atoms. The van der Waals surface area contributed by atoms with E-state index in [2.05, 4.69) is 0 Å². The van der Waals surface area contributed by atoms with Crippen molar-refractivity contribution >= 4 is 12.4 Å². The Labute approximate surface area is 175 Å². The van der Waals surface area contributed by atoms with E-state index in [0.717, 1.165) is 69.3 Å². The zero-order valence-electron chi connectivity index (χ0n) is 17.9. The quantitative estimate of drug-likeness (QED) is 0.565. The van der Waals surface area contributed by atoms with E-state index in [1.54, 1.807) is 4.90 Å². The van der Waals surface area contributed by atoms with Crippen LogP contribution in [0.4, 0.5) is 4.39 Å². The fraction of sp³-hybridized carbons (Fsp3) is 0.417. The van der Waals surface area contributed by atoms with Gasteiger partial charge in [-0.15, -0.1) is 0 Å². The van der Waals surface area contributed by atoms with Crippen LogP contribution in [0.2, 0.25) is 0 Å². The summed E-state index contributed by atoms with van der Waals surface area (Å²) in [5.41, 5.74) is 8.46. The number of amides is 1. The SMILES string of the molecule is COC(=O)Cc1c(C)c2c(c(C)c1-c1cc(F)c3c(c1C)CCCO3)CN(C=O)C2. The van der Waals surface area contributed by atoms with Crippen molar-refractivity contribution in [1.82, 2.24) is 4.90 Å². The van der Waals surface area contributed by atoms with Gasteiger partial charge in [-0.3, -0.25) is 9.59 Å². The van der Waals surface area contributed by atoms with Crippen LogP contribution in [-0.2, 0) is 40.3 Å². The van der Waals surface area contributed by atoms with Gasteiger partial charge in [0.2, 0.25) is 6.41 Å². The normalized spacial score (nSPS) is 14.8. The first-order chi connectivity index (χ1) is 14.4. The van der Waals surface area contributed by atoms with Crippen LogP contribution in [0.1, 0.15) is 45.4 Å². The third kappa shape index (κ3) is 3.15. The smallest absolute Gasteiger partial charge is 0.310 e. The fourth-order valence-electron chi connectivity index (χ4n) is 4.88. The third-order valence-electron chi connectivity index (χ3n) is 6.52. The molecule has 2 aliphatic rings. The minimum Gasteiger partial charge on any atom is -0.490 e. The van der Waals surface area contributed by atoms with Crippen LogP contribution < -0.4 is 4.74 Å². The lowest BCUT2D eigenvalue weighted by Crippen LogP contribution is -2.14. The van der Waals surface area contributed by atoms with E-state index in [1.165, 1.54) is 13.2 Å². The average Bonchev–Trinajstić information content (AvgIpc) is 3.20. The van der Waals surface area contributed by atoms with Gasteiger partial charge in [0.25, 0.3) is 0 Å². The summed E-state index contributed by atoms with van der Waals surface area (Å²) in [4.78, 5) is 25.4. The van der Waals surface area contributed by atoms with Crippen molar-refractivity contribution < 1.29 is 23.5 Å². The van der Waals surface area contributed by atoms with Crippen molar-refractivity contribution in [1.29, 1.82) is 0 Å². The number of methoxy groups -OCH3 is 1. The van der Waals surface area contributed by atoms with E-state index in [9.17, 15) is 9.59 Å². The van der Waals surface area contributed by atoms with Crippen LogP contribution in [0.3, 0.4) is 0 Å². The summed E-state index contributed by atoms with van der Waals surface area (Å²) in [6, 6.07) is 1.53. The number of carbonyl (C=O) groups excluding carboxylic acids is 2. The maximum Gasteiger partial charge on any atom is 0.310 e. The van der Waals surface area contributed by atoms with Gasteiger partial charge in [-0.2, -0.15) is 0 Å². The van der Waals surface area contributed by atoms with Crippen LogP contribution >= 0.6 is 0 Å². The second-order valence-electron chi connectivity index (χ2n) is 8.11. The maximum atomic E-state index is 15.0. The van der Waals surface area contributed by atoms with Crippen molar-refractivity contribution in [2.75, 3.05) is 13.7 Å². The lowest BCUT2D eigenvalue weighted by Gasteiger charge is -2.25. The van der Waals surface area contributed by atoms with Crippen LogP contribution in [0.25, 0.3) is 11.1 Å². The molecule has 2 heterocycles. The first-order valence-electron chi connectivity index (χ1n) is 10.2. The molecule has 6 heteroatoms. The Bertz CT molecular complexity index is 1060. The molecule has 158 valence electrons. The second kappa shape index (κ2) is 7.74. The number of fused-ring (bicyclic) bond motifs is 2. The zero-order chi connectivity index (χ0) is 21.6. The van der Waals surface area contributed by atoms with Crippen LogP contribution in [0.15, 0.2) is 6.07 Å². The molecular formula is C24H26FNO4. The molecule has 5 nitrogen and oxygen atoms in total. The summed E-state index contributed by atoms with van der Waals surface area (Å²) in [7, 11) is 1.37. The molecular weight excluding hydrogens is 385 g/mol. The van der Waals surface area contributed by atoms with E-state index >= 15 is 4.39 Å². The summed E-state index contributed by atoms with van der Waals surface area (Å²) in [5, 5.41) is 0. The molecule has 0 saturated heterocycles. The molecule has 2 aromatic carbocycles. The van der Waals surface area contributed by atoms with E-state index in [1.807, 2.05) is 20.8 Å². The summed E-state index contributed by atoms with van der Waals surface area (Å²) >= 11 is 0. The second-order valence-corrected chi connectivity index (χ2v) is 8.11. The fourth-order valence-corrected chi connectivity index (χ4v) is 4.88. The van der Waals surface area contributed by atoms with Crippen LogP contribution in [-0.4, -0.2) is 31.0 Å². The highest BCUT2D eigenvalue weighted by molar-refractivity contribution is 5.84. The summed E-state index contributed by atoms with van der Waals surface area (Å²) in [6.07, 6.45) is 2.56. The van der Waals surface area contributed by atoms with Crippen molar-refractivity contribution in [2.45, 2.75) is 53.1 Å². The van der Waals surface area contributed by atoms with Crippen molar-refractivity contribution in [3.05, 3.63) is 50.8 Å². The largest absolute Gasteiger partial charge is 0.490 e. The first kappa shape index (κ1) is 20.4. The number of carbonyl (C=O) groups is 2. The first-order valence-corrected chi connectivity index (χ1v) is 10.2. The average molecular weight is 411 g/mol. The summed E-state index contributed by atoms with van der Waals surface area (Å²) in [6.45, 7) is 7.52. The minimum absolute atomic E-state index is 0.0987. The molecule has 4 rings (SSSR count). The number of halogens is 1. The van der Waals surface area contributed by atoms with E-state index in [0.29, 0.717) is 25.4 Å². The Balaban J connectivity index is 2.00. The van der Waals surface area contributed by atoms with Crippen LogP contribution in [0.5, 0.6) is 5.75 Å². The standard InChI is InChI=1S/C24H26FNO4/c1-13-16-6-5-7-30-24(16)21(25)8-17(13)23-15(3)20-11-26(12-27)10-19(20)14(2)18(23)9-22(28)29-4/h8,12H,5-7,9-11H2,1-4H3. The molecule has 2 aliphatic heterocycles. The summed E-state index contributed by atoms with van der Waals surface area (Å²) in [5.74, 6) is -0.371. The molecule has 0 atom stereocenters. The van der Waals surface area contributed by atoms with Crippen molar-refractivity contribution in [3.8, 4) is 16.9 Å². The van der Waals surface area contributed by atoms with Gasteiger partial charge in [-0.05, 0) is 84.2 Å². The van der Waals surface area contributed by atoms with Crippen molar-refractivity contribution in [2.24, 2.45) is 0 Å². The molecule has 2 aromatic rings. The molecule has 1 amide bonds. The topological polar surface area (TPSA) is 55.8 Å². The number of rotatable bonds is 4. The Morgan fingerprint density at radius 2 is 1.87 bits per heavy atom. The minimum atomic E-state index is -0.374. The molecule has 0 fully saturated rings. The van der Waals surface area contributed by atoms with Gasteiger partial charge >= 0.3 is 5.97 Å². The van der Waals surface area contributed by atoms with E-state index in [-0.39, 0.29) is 18.2 Å². The van der Waals surface area contributed by atoms with Gasteiger partial charge in [-0.25, -0.2) is 4.39 Å². The lowest BCUT2D eigenvalue weighted by atomic mass is 9.81.